The summed E-state index contributed by atoms with van der Waals surface area (Å²) in [5, 5.41) is 17.8. The Labute approximate surface area is 114 Å². The summed E-state index contributed by atoms with van der Waals surface area (Å²) in [4.78, 5) is 0. The van der Waals surface area contributed by atoms with Gasteiger partial charge in [-0.15, -0.1) is 5.10 Å². The van der Waals surface area contributed by atoms with Gasteiger partial charge in [0.05, 0.1) is 0 Å². The molecular formula is C10H8Br2FN3O. The van der Waals surface area contributed by atoms with Crippen molar-refractivity contribution in [2.45, 2.75) is 6.10 Å². The van der Waals surface area contributed by atoms with Gasteiger partial charge in [-0.25, -0.2) is 9.07 Å². The van der Waals surface area contributed by atoms with E-state index in [1.54, 1.807) is 7.05 Å². The van der Waals surface area contributed by atoms with E-state index < -0.39 is 6.10 Å². The van der Waals surface area contributed by atoms with Crippen LogP contribution in [0.15, 0.2) is 27.3 Å². The fourth-order valence-electron chi connectivity index (χ4n) is 1.50. The third-order valence-corrected chi connectivity index (χ3v) is 3.59. The summed E-state index contributed by atoms with van der Waals surface area (Å²) >= 11 is 6.43. The van der Waals surface area contributed by atoms with Crippen molar-refractivity contribution in [1.82, 2.24) is 15.0 Å². The lowest BCUT2D eigenvalue weighted by atomic mass is 10.1. The number of halogens is 3. The number of aliphatic hydroxyl groups is 1. The molecule has 0 spiro atoms. The van der Waals surface area contributed by atoms with Crippen molar-refractivity contribution in [2.75, 3.05) is 0 Å². The normalized spacial score (nSPS) is 12.8. The van der Waals surface area contributed by atoms with Gasteiger partial charge < -0.3 is 5.11 Å². The fourth-order valence-corrected chi connectivity index (χ4v) is 2.61. The second-order valence-corrected chi connectivity index (χ2v) is 5.06. The lowest BCUT2D eigenvalue weighted by Gasteiger charge is -2.13. The minimum Gasteiger partial charge on any atom is -0.382 e. The first-order valence-corrected chi connectivity index (χ1v) is 6.27. The van der Waals surface area contributed by atoms with Crippen LogP contribution in [0.4, 0.5) is 4.39 Å². The van der Waals surface area contributed by atoms with Crippen molar-refractivity contribution >= 4 is 31.9 Å². The zero-order valence-electron chi connectivity index (χ0n) is 8.73. The molecule has 1 aromatic carbocycles. The Morgan fingerprint density at radius 2 is 2.12 bits per heavy atom. The van der Waals surface area contributed by atoms with E-state index in [1.807, 2.05) is 0 Å². The number of hydrogen-bond donors (Lipinski definition) is 1. The van der Waals surface area contributed by atoms with Crippen LogP contribution in [0.1, 0.15) is 17.4 Å². The Morgan fingerprint density at radius 3 is 2.65 bits per heavy atom. The third kappa shape index (κ3) is 2.41. The van der Waals surface area contributed by atoms with Crippen molar-refractivity contribution in [1.29, 1.82) is 0 Å². The highest BCUT2D eigenvalue weighted by atomic mass is 79.9. The van der Waals surface area contributed by atoms with Gasteiger partial charge in [-0.1, -0.05) is 27.2 Å². The number of benzene rings is 1. The van der Waals surface area contributed by atoms with E-state index in [4.69, 9.17) is 0 Å². The van der Waals surface area contributed by atoms with Gasteiger partial charge in [0.15, 0.2) is 4.60 Å². The number of hydrogen-bond acceptors (Lipinski definition) is 3. The number of rotatable bonds is 2. The molecule has 0 aliphatic carbocycles. The molecule has 1 aromatic heterocycles. The predicted molar refractivity (Wildman–Crippen MR) is 66.9 cm³/mol. The van der Waals surface area contributed by atoms with Gasteiger partial charge in [-0.3, -0.25) is 0 Å². The quantitative estimate of drug-likeness (QED) is 0.890. The molecule has 0 radical (unpaired) electrons. The maximum atomic E-state index is 13.0. The van der Waals surface area contributed by atoms with E-state index >= 15 is 0 Å². The van der Waals surface area contributed by atoms with Crippen LogP contribution in [-0.4, -0.2) is 20.1 Å². The first-order chi connectivity index (χ1) is 8.00. The molecule has 2 aromatic rings. The van der Waals surface area contributed by atoms with Gasteiger partial charge in [0.2, 0.25) is 0 Å². The smallest absolute Gasteiger partial charge is 0.154 e. The topological polar surface area (TPSA) is 50.9 Å². The molecule has 1 atom stereocenters. The largest absolute Gasteiger partial charge is 0.382 e. The highest BCUT2D eigenvalue weighted by molar-refractivity contribution is 9.10. The second-order valence-electron chi connectivity index (χ2n) is 3.46. The van der Waals surface area contributed by atoms with Crippen molar-refractivity contribution < 1.29 is 9.50 Å². The van der Waals surface area contributed by atoms with Crippen LogP contribution in [0.5, 0.6) is 0 Å². The molecule has 1 unspecified atom stereocenters. The summed E-state index contributed by atoms with van der Waals surface area (Å²) in [6.45, 7) is 0. The molecule has 2 rings (SSSR count). The number of aliphatic hydroxyl groups excluding tert-OH is 1. The predicted octanol–water partition coefficient (Wildman–Crippen LogP) is 2.56. The zero-order chi connectivity index (χ0) is 12.6. The van der Waals surface area contributed by atoms with E-state index in [2.05, 4.69) is 42.2 Å². The average molecular weight is 365 g/mol. The molecule has 0 aliphatic heterocycles. The molecule has 17 heavy (non-hydrogen) atoms. The Bertz CT molecular complexity index is 539. The summed E-state index contributed by atoms with van der Waals surface area (Å²) < 4.78 is 15.4. The maximum absolute atomic E-state index is 13.0. The minimum atomic E-state index is -0.931. The van der Waals surface area contributed by atoms with Crippen LogP contribution in [0, 0.1) is 5.82 Å². The summed E-state index contributed by atoms with van der Waals surface area (Å²) in [7, 11) is 1.67. The van der Waals surface area contributed by atoms with E-state index in [0.717, 1.165) is 0 Å². The Morgan fingerprint density at radius 1 is 1.41 bits per heavy atom. The standard InChI is InChI=1S/C10H8Br2FN3O/c1-16-8(10(12)14-15-16)9(17)6-3-2-5(13)4-7(6)11/h2-4,9,17H,1H3. The third-order valence-electron chi connectivity index (χ3n) is 2.34. The van der Waals surface area contributed by atoms with Crippen molar-refractivity contribution in [2.24, 2.45) is 7.05 Å². The van der Waals surface area contributed by atoms with Crippen LogP contribution in [-0.2, 0) is 7.05 Å². The van der Waals surface area contributed by atoms with E-state index in [1.165, 1.54) is 22.9 Å². The van der Waals surface area contributed by atoms with Crippen LogP contribution in [0.2, 0.25) is 0 Å². The molecule has 7 heteroatoms. The highest BCUT2D eigenvalue weighted by Crippen LogP contribution is 2.31. The average Bonchev–Trinajstić information content (AvgIpc) is 2.58. The van der Waals surface area contributed by atoms with E-state index in [9.17, 15) is 9.50 Å². The highest BCUT2D eigenvalue weighted by Gasteiger charge is 2.21. The number of nitrogens with zero attached hydrogens (tertiary/aromatic N) is 3. The van der Waals surface area contributed by atoms with E-state index in [0.29, 0.717) is 20.3 Å². The monoisotopic (exact) mass is 363 g/mol. The van der Waals surface area contributed by atoms with Crippen LogP contribution >= 0.6 is 31.9 Å². The van der Waals surface area contributed by atoms with Gasteiger partial charge in [0.25, 0.3) is 0 Å². The van der Waals surface area contributed by atoms with E-state index in [-0.39, 0.29) is 5.82 Å². The van der Waals surface area contributed by atoms with Crippen LogP contribution in [0.25, 0.3) is 0 Å². The summed E-state index contributed by atoms with van der Waals surface area (Å²) in [5.74, 6) is -0.366. The molecule has 0 amide bonds. The molecule has 0 saturated heterocycles. The molecule has 1 heterocycles. The molecule has 0 bridgehead atoms. The number of aryl methyl sites for hydroxylation is 1. The molecular weight excluding hydrogens is 357 g/mol. The van der Waals surface area contributed by atoms with Gasteiger partial charge in [0.1, 0.15) is 17.6 Å². The second kappa shape index (κ2) is 4.83. The summed E-state index contributed by atoms with van der Waals surface area (Å²) in [6.07, 6.45) is -0.931. The summed E-state index contributed by atoms with van der Waals surface area (Å²) in [6, 6.07) is 4.11. The van der Waals surface area contributed by atoms with Crippen molar-refractivity contribution in [3.63, 3.8) is 0 Å². The van der Waals surface area contributed by atoms with Gasteiger partial charge >= 0.3 is 0 Å². The van der Waals surface area contributed by atoms with Gasteiger partial charge in [-0.05, 0) is 28.1 Å². The lowest BCUT2D eigenvalue weighted by Crippen LogP contribution is -2.08. The van der Waals surface area contributed by atoms with Crippen LogP contribution < -0.4 is 0 Å². The van der Waals surface area contributed by atoms with Crippen molar-refractivity contribution in [3.05, 3.63) is 44.3 Å². The molecule has 0 fully saturated rings. The molecule has 4 nitrogen and oxygen atoms in total. The first kappa shape index (κ1) is 12.7. The maximum Gasteiger partial charge on any atom is 0.154 e. The Kier molecular flexibility index (Phi) is 3.60. The van der Waals surface area contributed by atoms with Crippen molar-refractivity contribution in [3.8, 4) is 0 Å². The zero-order valence-corrected chi connectivity index (χ0v) is 11.9. The molecule has 0 saturated carbocycles. The molecule has 1 N–H and O–H groups in total. The van der Waals surface area contributed by atoms with Crippen LogP contribution in [0.3, 0.4) is 0 Å². The SMILES string of the molecule is Cn1nnc(Br)c1C(O)c1ccc(F)cc1Br. The van der Waals surface area contributed by atoms with Gasteiger partial charge in [0, 0.05) is 17.1 Å². The molecule has 90 valence electrons. The van der Waals surface area contributed by atoms with Gasteiger partial charge in [-0.2, -0.15) is 0 Å². The molecule has 0 aliphatic rings. The number of aromatic nitrogens is 3. The lowest BCUT2D eigenvalue weighted by molar-refractivity contribution is 0.208. The Hall–Kier alpha value is -0.790. The summed E-state index contributed by atoms with van der Waals surface area (Å²) in [5.41, 5.74) is 1.06. The first-order valence-electron chi connectivity index (χ1n) is 4.68. The fraction of sp³-hybridized carbons (Fsp3) is 0.200. The Balaban J connectivity index is 2.47. The minimum absolute atomic E-state index is 0.366.